The molecule has 0 spiro atoms. The number of anilines is 1. The number of rotatable bonds is 3. The average Bonchev–Trinajstić information content (AvgIpc) is 3.34. The number of urea groups is 1. The molecule has 9 nitrogen and oxygen atoms in total. The summed E-state index contributed by atoms with van der Waals surface area (Å²) in [5, 5.41) is 2.24. The van der Waals surface area contributed by atoms with Crippen LogP contribution in [-0.4, -0.2) is 34.2 Å². The molecule has 0 atom stereocenters. The van der Waals surface area contributed by atoms with Crippen LogP contribution in [0.3, 0.4) is 0 Å². The van der Waals surface area contributed by atoms with E-state index >= 15 is 0 Å². The zero-order valence-corrected chi connectivity index (χ0v) is 18.2. The number of fused-ring (bicyclic) bond motifs is 1. The molecule has 1 aromatic carbocycles. The molecule has 1 fully saturated rings. The number of amides is 4. The molecule has 9 heteroatoms. The number of ether oxygens (including phenoxy) is 2. The van der Waals surface area contributed by atoms with Gasteiger partial charge >= 0.3 is 6.03 Å². The van der Waals surface area contributed by atoms with E-state index in [1.165, 1.54) is 12.1 Å². The van der Waals surface area contributed by atoms with Crippen LogP contribution in [0.2, 0.25) is 0 Å². The van der Waals surface area contributed by atoms with Gasteiger partial charge in [0.25, 0.3) is 11.8 Å². The van der Waals surface area contributed by atoms with Crippen LogP contribution >= 0.6 is 0 Å². The van der Waals surface area contributed by atoms with Crippen molar-refractivity contribution < 1.29 is 23.9 Å². The fourth-order valence-electron chi connectivity index (χ4n) is 4.00. The average molecular weight is 444 g/mol. The van der Waals surface area contributed by atoms with E-state index in [0.29, 0.717) is 17.1 Å². The third-order valence-electron chi connectivity index (χ3n) is 5.62. The summed E-state index contributed by atoms with van der Waals surface area (Å²) in [6.07, 6.45) is 3.23. The second-order valence-electron chi connectivity index (χ2n) is 7.85. The normalized spacial score (nSPS) is 16.5. The number of aromatic nitrogens is 2. The molecule has 2 aliphatic rings. The van der Waals surface area contributed by atoms with Crippen LogP contribution in [0, 0.1) is 20.8 Å². The lowest BCUT2D eigenvalue weighted by Gasteiger charge is -2.26. The second kappa shape index (κ2) is 7.63. The number of hydrogen-bond donors (Lipinski definition) is 1. The molecule has 5 rings (SSSR count). The van der Waals surface area contributed by atoms with Crippen LogP contribution < -0.4 is 19.7 Å². The SMILES string of the molecule is Cc1ccnc(-n2c(C)cc(/C=C3\C(=O)NC(=O)N(c4ccc5c(c4)OCO5)C3=O)c2C)c1. The molecule has 0 bridgehead atoms. The van der Waals surface area contributed by atoms with Crippen LogP contribution in [0.25, 0.3) is 11.9 Å². The van der Waals surface area contributed by atoms with Crippen molar-refractivity contribution in [2.24, 2.45) is 0 Å². The monoisotopic (exact) mass is 444 g/mol. The van der Waals surface area contributed by atoms with E-state index in [1.807, 2.05) is 43.5 Å². The molecule has 1 saturated heterocycles. The third kappa shape index (κ3) is 3.43. The molecule has 2 aliphatic heterocycles. The maximum atomic E-state index is 13.3. The first-order chi connectivity index (χ1) is 15.8. The Morgan fingerprint density at radius 2 is 1.79 bits per heavy atom. The Morgan fingerprint density at radius 3 is 2.58 bits per heavy atom. The van der Waals surface area contributed by atoms with Gasteiger partial charge in [0.15, 0.2) is 11.5 Å². The quantitative estimate of drug-likeness (QED) is 0.492. The van der Waals surface area contributed by atoms with Gasteiger partial charge < -0.3 is 14.0 Å². The fourth-order valence-corrected chi connectivity index (χ4v) is 4.00. The van der Waals surface area contributed by atoms with Crippen molar-refractivity contribution in [1.82, 2.24) is 14.9 Å². The van der Waals surface area contributed by atoms with E-state index in [9.17, 15) is 14.4 Å². The zero-order valence-electron chi connectivity index (χ0n) is 18.2. The molecule has 0 saturated carbocycles. The van der Waals surface area contributed by atoms with Gasteiger partial charge in [0.1, 0.15) is 11.4 Å². The Labute approximate surface area is 189 Å². The molecule has 2 aromatic heterocycles. The number of aryl methyl sites for hydroxylation is 2. The smallest absolute Gasteiger partial charge is 0.335 e. The highest BCUT2D eigenvalue weighted by Gasteiger charge is 2.37. The maximum Gasteiger partial charge on any atom is 0.335 e. The molecule has 1 N–H and O–H groups in total. The fraction of sp³-hybridized carbons (Fsp3) is 0.167. The summed E-state index contributed by atoms with van der Waals surface area (Å²) in [5.74, 6) is 0.213. The number of nitrogens with one attached hydrogen (secondary N) is 1. The minimum absolute atomic E-state index is 0.0635. The maximum absolute atomic E-state index is 13.3. The Morgan fingerprint density at radius 1 is 1.00 bits per heavy atom. The highest BCUT2D eigenvalue weighted by Crippen LogP contribution is 2.36. The number of pyridine rings is 1. The number of barbiturate groups is 1. The molecular formula is C24H20N4O5. The van der Waals surface area contributed by atoms with E-state index in [2.05, 4.69) is 10.3 Å². The summed E-state index contributed by atoms with van der Waals surface area (Å²) in [7, 11) is 0. The number of hydrogen-bond acceptors (Lipinski definition) is 6. The minimum atomic E-state index is -0.824. The summed E-state index contributed by atoms with van der Waals surface area (Å²) in [4.78, 5) is 43.7. The lowest BCUT2D eigenvalue weighted by Crippen LogP contribution is -2.54. The minimum Gasteiger partial charge on any atom is -0.454 e. The van der Waals surface area contributed by atoms with Crippen molar-refractivity contribution in [2.45, 2.75) is 20.8 Å². The molecule has 4 heterocycles. The molecular weight excluding hydrogens is 424 g/mol. The molecule has 0 radical (unpaired) electrons. The molecule has 0 aliphatic carbocycles. The lowest BCUT2D eigenvalue weighted by atomic mass is 10.1. The first-order valence-electron chi connectivity index (χ1n) is 10.3. The molecule has 0 unspecified atom stereocenters. The van der Waals surface area contributed by atoms with Gasteiger partial charge in [-0.05, 0) is 68.3 Å². The topological polar surface area (TPSA) is 103 Å². The van der Waals surface area contributed by atoms with Crippen molar-refractivity contribution >= 4 is 29.6 Å². The van der Waals surface area contributed by atoms with E-state index < -0.39 is 17.8 Å². The number of nitrogens with zero attached hydrogens (tertiary/aromatic N) is 3. The molecule has 3 aromatic rings. The standard InChI is InChI=1S/C24H20N4O5/c1-13-6-7-25-21(8-13)27-14(2)9-16(15(27)3)10-18-22(29)26-24(31)28(23(18)30)17-4-5-19-20(11-17)33-12-32-19/h4-11H,12H2,1-3H3,(H,26,29,31)/b18-10+. The zero-order chi connectivity index (χ0) is 23.3. The highest BCUT2D eigenvalue weighted by atomic mass is 16.7. The first kappa shape index (κ1) is 20.5. The number of imide groups is 2. The van der Waals surface area contributed by atoms with Crippen molar-refractivity contribution in [1.29, 1.82) is 0 Å². The summed E-state index contributed by atoms with van der Waals surface area (Å²) in [6, 6.07) is 9.61. The van der Waals surface area contributed by atoms with E-state index in [4.69, 9.17) is 9.47 Å². The van der Waals surface area contributed by atoms with Gasteiger partial charge in [0, 0.05) is 23.7 Å². The van der Waals surface area contributed by atoms with Crippen LogP contribution in [-0.2, 0) is 9.59 Å². The molecule has 33 heavy (non-hydrogen) atoms. The van der Waals surface area contributed by atoms with Crippen LogP contribution in [0.5, 0.6) is 11.5 Å². The Bertz CT molecular complexity index is 1370. The van der Waals surface area contributed by atoms with E-state index in [-0.39, 0.29) is 18.1 Å². The number of benzene rings is 1. The Balaban J connectivity index is 1.54. The summed E-state index contributed by atoms with van der Waals surface area (Å²) < 4.78 is 12.6. The number of carbonyl (C=O) groups excluding carboxylic acids is 3. The predicted molar refractivity (Wildman–Crippen MR) is 119 cm³/mol. The van der Waals surface area contributed by atoms with Crippen molar-refractivity contribution in [3.63, 3.8) is 0 Å². The van der Waals surface area contributed by atoms with Gasteiger partial charge in [-0.1, -0.05) is 0 Å². The van der Waals surface area contributed by atoms with Crippen molar-refractivity contribution in [3.05, 3.63) is 70.7 Å². The van der Waals surface area contributed by atoms with Gasteiger partial charge in [-0.2, -0.15) is 0 Å². The van der Waals surface area contributed by atoms with Crippen LogP contribution in [0.1, 0.15) is 22.5 Å². The van der Waals surface area contributed by atoms with Crippen molar-refractivity contribution in [2.75, 3.05) is 11.7 Å². The van der Waals surface area contributed by atoms with Gasteiger partial charge in [-0.3, -0.25) is 14.9 Å². The van der Waals surface area contributed by atoms with E-state index in [1.54, 1.807) is 18.3 Å². The van der Waals surface area contributed by atoms with E-state index in [0.717, 1.165) is 27.7 Å². The predicted octanol–water partition coefficient (Wildman–Crippen LogP) is 3.19. The number of carbonyl (C=O) groups is 3. The van der Waals surface area contributed by atoms with Gasteiger partial charge in [-0.15, -0.1) is 0 Å². The highest BCUT2D eigenvalue weighted by molar-refractivity contribution is 6.39. The Hall–Kier alpha value is -4.40. The van der Waals surface area contributed by atoms with Crippen LogP contribution in [0.15, 0.2) is 48.2 Å². The van der Waals surface area contributed by atoms with Crippen LogP contribution in [0.4, 0.5) is 10.5 Å². The summed E-state index contributed by atoms with van der Waals surface area (Å²) in [6.45, 7) is 5.85. The van der Waals surface area contributed by atoms with Gasteiger partial charge in [-0.25, -0.2) is 14.7 Å². The van der Waals surface area contributed by atoms with Gasteiger partial charge in [0.05, 0.1) is 5.69 Å². The second-order valence-corrected chi connectivity index (χ2v) is 7.85. The van der Waals surface area contributed by atoms with Crippen molar-refractivity contribution in [3.8, 4) is 17.3 Å². The lowest BCUT2D eigenvalue weighted by molar-refractivity contribution is -0.122. The summed E-state index contributed by atoms with van der Waals surface area (Å²) >= 11 is 0. The molecule has 166 valence electrons. The van der Waals surface area contributed by atoms with Gasteiger partial charge in [0.2, 0.25) is 6.79 Å². The third-order valence-corrected chi connectivity index (χ3v) is 5.62. The molecule has 4 amide bonds. The Kier molecular flexibility index (Phi) is 4.74. The summed E-state index contributed by atoms with van der Waals surface area (Å²) in [5.41, 5.74) is 3.57. The largest absolute Gasteiger partial charge is 0.454 e. The first-order valence-corrected chi connectivity index (χ1v) is 10.3.